The summed E-state index contributed by atoms with van der Waals surface area (Å²) in [7, 11) is 1.72. The molecule has 0 radical (unpaired) electrons. The Hall–Kier alpha value is -1.31. The third kappa shape index (κ3) is 1.16. The Bertz CT molecular complexity index is 578. The van der Waals surface area contributed by atoms with Crippen LogP contribution in [0.4, 0.5) is 0 Å². The molecule has 0 saturated heterocycles. The highest BCUT2D eigenvalue weighted by molar-refractivity contribution is 5.90. The van der Waals surface area contributed by atoms with Crippen molar-refractivity contribution >= 4 is 5.78 Å². The van der Waals surface area contributed by atoms with E-state index >= 15 is 0 Å². The van der Waals surface area contributed by atoms with Crippen molar-refractivity contribution < 1.29 is 9.53 Å². The molecular formula is C17H20O2. The molecule has 4 bridgehead atoms. The first-order valence-electron chi connectivity index (χ1n) is 7.18. The van der Waals surface area contributed by atoms with Crippen molar-refractivity contribution in [3.8, 4) is 5.75 Å². The predicted octanol–water partition coefficient (Wildman–Crippen LogP) is 3.41. The Balaban J connectivity index is 1.86. The van der Waals surface area contributed by atoms with Crippen LogP contribution >= 0.6 is 0 Å². The van der Waals surface area contributed by atoms with Crippen LogP contribution in [0.15, 0.2) is 24.3 Å². The van der Waals surface area contributed by atoms with Gasteiger partial charge in [-0.05, 0) is 35.3 Å². The molecule has 4 fully saturated rings. The number of hydrogen-bond donors (Lipinski definition) is 0. The van der Waals surface area contributed by atoms with E-state index in [0.717, 1.165) is 18.6 Å². The number of methoxy groups -OCH3 is 1. The molecule has 0 aliphatic heterocycles. The lowest BCUT2D eigenvalue weighted by Crippen LogP contribution is -2.40. The molecule has 0 aromatic heterocycles. The zero-order valence-electron chi connectivity index (χ0n) is 11.8. The summed E-state index contributed by atoms with van der Waals surface area (Å²) in [6, 6.07) is 8.25. The minimum atomic E-state index is -0.164. The molecule has 2 heteroatoms. The summed E-state index contributed by atoms with van der Waals surface area (Å²) in [6.45, 7) is 4.56. The van der Waals surface area contributed by atoms with Crippen molar-refractivity contribution in [3.63, 3.8) is 0 Å². The highest BCUT2D eigenvalue weighted by Crippen LogP contribution is 2.83. The smallest absolute Gasteiger partial charge is 0.139 e. The zero-order chi connectivity index (χ0) is 13.4. The van der Waals surface area contributed by atoms with E-state index in [2.05, 4.69) is 26.0 Å². The predicted molar refractivity (Wildman–Crippen MR) is 73.2 cm³/mol. The van der Waals surface area contributed by atoms with Crippen LogP contribution in [0.25, 0.3) is 0 Å². The number of benzene rings is 1. The quantitative estimate of drug-likeness (QED) is 0.810. The molecular weight excluding hydrogens is 236 g/mol. The highest BCUT2D eigenvalue weighted by atomic mass is 16.5. The SMILES string of the molecule is COc1ccccc1[C@@H]1[C@@H]2[C@@H]3CC(=O)[C@@]1(C)C[C@]23C. The Morgan fingerprint density at radius 2 is 2.00 bits per heavy atom. The van der Waals surface area contributed by atoms with Crippen molar-refractivity contribution in [2.75, 3.05) is 7.11 Å². The first kappa shape index (κ1) is 11.5. The highest BCUT2D eigenvalue weighted by Gasteiger charge is 2.78. The number of carbonyl (C=O) groups excluding carboxylic acids is 1. The molecule has 5 atom stereocenters. The van der Waals surface area contributed by atoms with Crippen LogP contribution in [-0.4, -0.2) is 12.9 Å². The number of Topliss-reactive ketones (excluding diaryl/α,β-unsaturated/α-hetero) is 1. The van der Waals surface area contributed by atoms with Gasteiger partial charge >= 0.3 is 0 Å². The van der Waals surface area contributed by atoms with Gasteiger partial charge in [-0.1, -0.05) is 32.0 Å². The molecule has 0 amide bonds. The molecule has 0 N–H and O–H groups in total. The van der Waals surface area contributed by atoms with Gasteiger partial charge in [0.1, 0.15) is 11.5 Å². The summed E-state index contributed by atoms with van der Waals surface area (Å²) < 4.78 is 5.53. The fourth-order valence-electron chi connectivity index (χ4n) is 5.38. The Labute approximate surface area is 114 Å². The zero-order valence-corrected chi connectivity index (χ0v) is 11.8. The van der Waals surface area contributed by atoms with Gasteiger partial charge in [0.25, 0.3) is 0 Å². The van der Waals surface area contributed by atoms with Crippen molar-refractivity contribution in [2.24, 2.45) is 22.7 Å². The van der Waals surface area contributed by atoms with Gasteiger partial charge < -0.3 is 4.74 Å². The van der Waals surface area contributed by atoms with Crippen LogP contribution in [0, 0.1) is 22.7 Å². The van der Waals surface area contributed by atoms with Gasteiger partial charge in [0.15, 0.2) is 0 Å². The summed E-state index contributed by atoms with van der Waals surface area (Å²) in [5.74, 6) is 3.09. The molecule has 0 unspecified atom stereocenters. The summed E-state index contributed by atoms with van der Waals surface area (Å²) in [6.07, 6.45) is 1.88. The molecule has 0 spiro atoms. The molecule has 4 aliphatic carbocycles. The summed E-state index contributed by atoms with van der Waals surface area (Å²) in [4.78, 5) is 12.5. The van der Waals surface area contributed by atoms with Gasteiger partial charge in [-0.25, -0.2) is 0 Å². The topological polar surface area (TPSA) is 26.3 Å². The molecule has 1 aromatic rings. The standard InChI is InChI=1S/C17H20O2/c1-16-9-17(2)13(18)8-11(16)15(16)14(17)10-6-4-5-7-12(10)19-3/h4-7,11,14-15H,8-9H2,1-3H3/t11-,14+,15-,16-,17+/m0/s1. The fourth-order valence-corrected chi connectivity index (χ4v) is 5.38. The van der Waals surface area contributed by atoms with E-state index in [0.29, 0.717) is 29.0 Å². The first-order valence-corrected chi connectivity index (χ1v) is 7.18. The van der Waals surface area contributed by atoms with Gasteiger partial charge in [0.2, 0.25) is 0 Å². The number of ether oxygens (including phenoxy) is 1. The van der Waals surface area contributed by atoms with Crippen molar-refractivity contribution in [1.82, 2.24) is 0 Å². The maximum Gasteiger partial charge on any atom is 0.139 e. The molecule has 5 rings (SSSR count). The second-order valence-corrected chi connectivity index (χ2v) is 7.08. The maximum absolute atomic E-state index is 12.5. The number of para-hydroxylation sites is 1. The van der Waals surface area contributed by atoms with Crippen LogP contribution in [0.3, 0.4) is 0 Å². The minimum Gasteiger partial charge on any atom is -0.496 e. The maximum atomic E-state index is 12.5. The number of ketones is 1. The summed E-state index contributed by atoms with van der Waals surface area (Å²) in [5.41, 5.74) is 1.49. The van der Waals surface area contributed by atoms with E-state index in [1.165, 1.54) is 5.56 Å². The molecule has 0 heterocycles. The van der Waals surface area contributed by atoms with Crippen molar-refractivity contribution in [3.05, 3.63) is 29.8 Å². The lowest BCUT2D eigenvalue weighted by atomic mass is 9.62. The van der Waals surface area contributed by atoms with Crippen LogP contribution in [0.1, 0.15) is 38.2 Å². The molecule has 1 aromatic carbocycles. The number of rotatable bonds is 2. The van der Waals surface area contributed by atoms with E-state index in [-0.39, 0.29) is 5.41 Å². The van der Waals surface area contributed by atoms with Crippen LogP contribution < -0.4 is 4.74 Å². The van der Waals surface area contributed by atoms with Gasteiger partial charge in [-0.3, -0.25) is 4.79 Å². The number of carbonyl (C=O) groups is 1. The van der Waals surface area contributed by atoms with Gasteiger partial charge in [-0.15, -0.1) is 0 Å². The average molecular weight is 256 g/mol. The number of fused-ring (bicyclic) bond motifs is 1. The Morgan fingerprint density at radius 1 is 1.26 bits per heavy atom. The van der Waals surface area contributed by atoms with Gasteiger partial charge in [0.05, 0.1) is 7.11 Å². The molecule has 4 aliphatic rings. The molecule has 19 heavy (non-hydrogen) atoms. The average Bonchev–Trinajstić information content (AvgIpc) is 2.86. The van der Waals surface area contributed by atoms with Gasteiger partial charge in [-0.2, -0.15) is 0 Å². The summed E-state index contributed by atoms with van der Waals surface area (Å²) >= 11 is 0. The third-order valence-corrected chi connectivity index (χ3v) is 6.24. The largest absolute Gasteiger partial charge is 0.496 e. The van der Waals surface area contributed by atoms with E-state index in [1.54, 1.807) is 7.11 Å². The summed E-state index contributed by atoms with van der Waals surface area (Å²) in [5, 5.41) is 0. The fraction of sp³-hybridized carbons (Fsp3) is 0.588. The lowest BCUT2D eigenvalue weighted by Gasteiger charge is -2.40. The second kappa shape index (κ2) is 3.23. The third-order valence-electron chi connectivity index (χ3n) is 6.24. The monoisotopic (exact) mass is 256 g/mol. The lowest BCUT2D eigenvalue weighted by molar-refractivity contribution is -0.133. The van der Waals surface area contributed by atoms with E-state index < -0.39 is 0 Å². The normalized spacial score (nSPS) is 46.3. The minimum absolute atomic E-state index is 0.164. The number of hydrogen-bond acceptors (Lipinski definition) is 2. The van der Waals surface area contributed by atoms with Gasteiger partial charge in [0, 0.05) is 17.8 Å². The van der Waals surface area contributed by atoms with Crippen LogP contribution in [0.5, 0.6) is 5.75 Å². The Morgan fingerprint density at radius 3 is 2.74 bits per heavy atom. The molecule has 100 valence electrons. The van der Waals surface area contributed by atoms with E-state index in [4.69, 9.17) is 4.74 Å². The van der Waals surface area contributed by atoms with Crippen LogP contribution in [-0.2, 0) is 4.79 Å². The second-order valence-electron chi connectivity index (χ2n) is 7.08. The van der Waals surface area contributed by atoms with Crippen molar-refractivity contribution in [1.29, 1.82) is 0 Å². The first-order chi connectivity index (χ1) is 9.02. The van der Waals surface area contributed by atoms with Crippen LogP contribution in [0.2, 0.25) is 0 Å². The molecule has 4 saturated carbocycles. The molecule has 2 nitrogen and oxygen atoms in total. The Kier molecular flexibility index (Phi) is 1.95. The van der Waals surface area contributed by atoms with Crippen molar-refractivity contribution in [2.45, 2.75) is 32.6 Å². The van der Waals surface area contributed by atoms with E-state index in [1.807, 2.05) is 12.1 Å². The van der Waals surface area contributed by atoms with E-state index in [9.17, 15) is 4.79 Å².